The van der Waals surface area contributed by atoms with Gasteiger partial charge in [-0.1, -0.05) is 0 Å². The molecule has 0 saturated carbocycles. The van der Waals surface area contributed by atoms with E-state index in [1.807, 2.05) is 13.8 Å². The van der Waals surface area contributed by atoms with Crippen LogP contribution < -0.4 is 15.4 Å². The molecule has 0 atom stereocenters. The zero-order chi connectivity index (χ0) is 15.5. The van der Waals surface area contributed by atoms with Crippen LogP contribution in [0.15, 0.2) is 24.3 Å². The number of hydrogen-bond acceptors (Lipinski definition) is 4. The third kappa shape index (κ3) is 6.76. The Bertz CT molecular complexity index is 445. The van der Waals surface area contributed by atoms with Gasteiger partial charge in [-0.2, -0.15) is 0 Å². The van der Waals surface area contributed by atoms with Crippen molar-refractivity contribution in [2.75, 3.05) is 31.7 Å². The standard InChI is InChI=1S/C15H22N2O4/c1-3-20-11-5-10-16-14(18)15(19)17-12-6-8-13(9-7-12)21-4-2/h6-9H,3-5,10-11H2,1-2H3,(H,16,18)(H,17,19). The summed E-state index contributed by atoms with van der Waals surface area (Å²) in [7, 11) is 0. The van der Waals surface area contributed by atoms with E-state index in [0.717, 1.165) is 5.75 Å². The highest BCUT2D eigenvalue weighted by molar-refractivity contribution is 6.39. The van der Waals surface area contributed by atoms with Crippen LogP contribution in [0.25, 0.3) is 0 Å². The van der Waals surface area contributed by atoms with E-state index in [0.29, 0.717) is 38.5 Å². The van der Waals surface area contributed by atoms with Gasteiger partial charge in [0.25, 0.3) is 0 Å². The lowest BCUT2D eigenvalue weighted by Crippen LogP contribution is -2.36. The molecular weight excluding hydrogens is 272 g/mol. The minimum Gasteiger partial charge on any atom is -0.494 e. The molecule has 0 aliphatic carbocycles. The molecular formula is C15H22N2O4. The van der Waals surface area contributed by atoms with Crippen molar-refractivity contribution in [2.24, 2.45) is 0 Å². The van der Waals surface area contributed by atoms with Crippen molar-refractivity contribution in [1.29, 1.82) is 0 Å². The van der Waals surface area contributed by atoms with Crippen molar-refractivity contribution >= 4 is 17.5 Å². The molecule has 21 heavy (non-hydrogen) atoms. The van der Waals surface area contributed by atoms with Gasteiger partial charge in [0, 0.05) is 25.4 Å². The van der Waals surface area contributed by atoms with Gasteiger partial charge in [-0.3, -0.25) is 9.59 Å². The quantitative estimate of drug-likeness (QED) is 0.563. The first-order valence-electron chi connectivity index (χ1n) is 7.07. The lowest BCUT2D eigenvalue weighted by molar-refractivity contribution is -0.136. The molecule has 1 aromatic rings. The zero-order valence-corrected chi connectivity index (χ0v) is 12.5. The molecule has 0 unspecified atom stereocenters. The van der Waals surface area contributed by atoms with Crippen LogP contribution in [0.3, 0.4) is 0 Å². The first-order chi connectivity index (χ1) is 10.2. The number of amides is 2. The van der Waals surface area contributed by atoms with Crippen molar-refractivity contribution in [2.45, 2.75) is 20.3 Å². The number of ether oxygens (including phenoxy) is 2. The third-order valence-corrected chi connectivity index (χ3v) is 2.58. The topological polar surface area (TPSA) is 76.7 Å². The van der Waals surface area contributed by atoms with Crippen LogP contribution in [0.2, 0.25) is 0 Å². The third-order valence-electron chi connectivity index (χ3n) is 2.58. The van der Waals surface area contributed by atoms with Gasteiger partial charge in [-0.25, -0.2) is 0 Å². The predicted molar refractivity (Wildman–Crippen MR) is 80.4 cm³/mol. The Labute approximate surface area is 124 Å². The SMILES string of the molecule is CCOCCCNC(=O)C(=O)Nc1ccc(OCC)cc1. The summed E-state index contributed by atoms with van der Waals surface area (Å²) in [6.45, 7) is 6.00. The van der Waals surface area contributed by atoms with Crippen LogP contribution in [0.4, 0.5) is 5.69 Å². The van der Waals surface area contributed by atoms with Gasteiger partial charge < -0.3 is 20.1 Å². The van der Waals surface area contributed by atoms with Crippen molar-refractivity contribution in [3.8, 4) is 5.75 Å². The van der Waals surface area contributed by atoms with Crippen molar-refractivity contribution < 1.29 is 19.1 Å². The molecule has 2 N–H and O–H groups in total. The molecule has 0 radical (unpaired) electrons. The van der Waals surface area contributed by atoms with Gasteiger partial charge in [0.2, 0.25) is 0 Å². The highest BCUT2D eigenvalue weighted by Crippen LogP contribution is 2.15. The summed E-state index contributed by atoms with van der Waals surface area (Å²) in [6.07, 6.45) is 0.677. The second kappa shape index (κ2) is 9.77. The molecule has 0 aliphatic rings. The fourth-order valence-corrected chi connectivity index (χ4v) is 1.59. The summed E-state index contributed by atoms with van der Waals surface area (Å²) >= 11 is 0. The highest BCUT2D eigenvalue weighted by atomic mass is 16.5. The van der Waals surface area contributed by atoms with Gasteiger partial charge in [0.1, 0.15) is 5.75 Å². The number of rotatable bonds is 8. The Kier molecular flexibility index (Phi) is 7.89. The van der Waals surface area contributed by atoms with Crippen molar-refractivity contribution in [3.05, 3.63) is 24.3 Å². The maximum Gasteiger partial charge on any atom is 0.313 e. The van der Waals surface area contributed by atoms with E-state index in [2.05, 4.69) is 10.6 Å². The van der Waals surface area contributed by atoms with Crippen molar-refractivity contribution in [1.82, 2.24) is 5.32 Å². The van der Waals surface area contributed by atoms with E-state index in [-0.39, 0.29) is 0 Å². The monoisotopic (exact) mass is 294 g/mol. The molecule has 0 fully saturated rings. The molecule has 0 aromatic heterocycles. The second-order valence-electron chi connectivity index (χ2n) is 4.22. The first kappa shape index (κ1) is 17.0. The van der Waals surface area contributed by atoms with Crippen LogP contribution in [0.1, 0.15) is 20.3 Å². The average Bonchev–Trinajstić information content (AvgIpc) is 2.49. The van der Waals surface area contributed by atoms with E-state index < -0.39 is 11.8 Å². The molecule has 6 heteroatoms. The van der Waals surface area contributed by atoms with Crippen LogP contribution in [0, 0.1) is 0 Å². The van der Waals surface area contributed by atoms with Crippen LogP contribution in [-0.2, 0) is 14.3 Å². The smallest absolute Gasteiger partial charge is 0.313 e. The Balaban J connectivity index is 2.32. The van der Waals surface area contributed by atoms with Crippen LogP contribution >= 0.6 is 0 Å². The highest BCUT2D eigenvalue weighted by Gasteiger charge is 2.12. The van der Waals surface area contributed by atoms with Gasteiger partial charge in [-0.05, 0) is 44.5 Å². The molecule has 0 saturated heterocycles. The maximum atomic E-state index is 11.7. The lowest BCUT2D eigenvalue weighted by Gasteiger charge is -2.08. The predicted octanol–water partition coefficient (Wildman–Crippen LogP) is 1.57. The summed E-state index contributed by atoms with van der Waals surface area (Å²) in [6, 6.07) is 6.84. The molecule has 2 amide bonds. The average molecular weight is 294 g/mol. The molecule has 0 bridgehead atoms. The number of benzene rings is 1. The minimum absolute atomic E-state index is 0.412. The van der Waals surface area contributed by atoms with Crippen LogP contribution in [0.5, 0.6) is 5.75 Å². The summed E-state index contributed by atoms with van der Waals surface area (Å²) in [5.74, 6) is -0.619. The Morgan fingerprint density at radius 1 is 1.05 bits per heavy atom. The van der Waals surface area contributed by atoms with E-state index in [1.54, 1.807) is 24.3 Å². The fourth-order valence-electron chi connectivity index (χ4n) is 1.59. The molecule has 0 heterocycles. The number of hydrogen-bond donors (Lipinski definition) is 2. The van der Waals surface area contributed by atoms with E-state index >= 15 is 0 Å². The van der Waals surface area contributed by atoms with Gasteiger partial charge >= 0.3 is 11.8 Å². The largest absolute Gasteiger partial charge is 0.494 e. The lowest BCUT2D eigenvalue weighted by atomic mass is 10.3. The molecule has 1 rings (SSSR count). The van der Waals surface area contributed by atoms with Crippen LogP contribution in [-0.4, -0.2) is 38.2 Å². The van der Waals surface area contributed by atoms with Crippen molar-refractivity contribution in [3.63, 3.8) is 0 Å². The van der Waals surface area contributed by atoms with Gasteiger partial charge in [0.05, 0.1) is 6.61 Å². The van der Waals surface area contributed by atoms with Gasteiger partial charge in [-0.15, -0.1) is 0 Å². The van der Waals surface area contributed by atoms with E-state index in [4.69, 9.17) is 9.47 Å². The summed E-state index contributed by atoms with van der Waals surface area (Å²) < 4.78 is 10.4. The number of nitrogens with one attached hydrogen (secondary N) is 2. The zero-order valence-electron chi connectivity index (χ0n) is 12.5. The molecule has 1 aromatic carbocycles. The molecule has 116 valence electrons. The van der Waals surface area contributed by atoms with Gasteiger partial charge in [0.15, 0.2) is 0 Å². The second-order valence-corrected chi connectivity index (χ2v) is 4.22. The first-order valence-corrected chi connectivity index (χ1v) is 7.07. The number of carbonyl (C=O) groups is 2. The minimum atomic E-state index is -0.685. The summed E-state index contributed by atoms with van der Waals surface area (Å²) in [5.41, 5.74) is 0.549. The molecule has 0 spiro atoms. The normalized spacial score (nSPS) is 10.0. The Morgan fingerprint density at radius 2 is 1.76 bits per heavy atom. The molecule has 6 nitrogen and oxygen atoms in total. The number of carbonyl (C=O) groups excluding carboxylic acids is 2. The summed E-state index contributed by atoms with van der Waals surface area (Å²) in [4.78, 5) is 23.2. The Morgan fingerprint density at radius 3 is 2.38 bits per heavy atom. The number of anilines is 1. The van der Waals surface area contributed by atoms with E-state index in [9.17, 15) is 9.59 Å². The van der Waals surface area contributed by atoms with E-state index in [1.165, 1.54) is 0 Å². The maximum absolute atomic E-state index is 11.7. The fraction of sp³-hybridized carbons (Fsp3) is 0.467. The molecule has 0 aliphatic heterocycles. The summed E-state index contributed by atoms with van der Waals surface area (Å²) in [5, 5.41) is 5.06. The Hall–Kier alpha value is -2.08.